The Hall–Kier alpha value is -1.14. The lowest BCUT2D eigenvalue weighted by atomic mass is 10.1. The van der Waals surface area contributed by atoms with Crippen molar-refractivity contribution in [1.29, 1.82) is 0 Å². The van der Waals surface area contributed by atoms with Gasteiger partial charge in [-0.1, -0.05) is 0 Å². The van der Waals surface area contributed by atoms with Crippen LogP contribution < -0.4 is 10.6 Å². The van der Waals surface area contributed by atoms with Crippen LogP contribution in [0.25, 0.3) is 0 Å². The fourth-order valence-corrected chi connectivity index (χ4v) is 2.11. The third kappa shape index (κ3) is 3.41. The average Bonchev–Trinajstić information content (AvgIpc) is 2.78. The van der Waals surface area contributed by atoms with Crippen LogP contribution in [0.1, 0.15) is 25.1 Å². The molecule has 2 rings (SSSR count). The zero-order valence-electron chi connectivity index (χ0n) is 10.4. The molecule has 1 aromatic rings. The first-order valence-electron chi connectivity index (χ1n) is 6.20. The van der Waals surface area contributed by atoms with Crippen molar-refractivity contribution >= 4 is 5.95 Å². The first-order valence-corrected chi connectivity index (χ1v) is 6.20. The number of methoxy groups -OCH3 is 1. The maximum atomic E-state index is 5.94. The molecule has 0 amide bonds. The number of nitrogens with two attached hydrogens (primary N) is 1. The van der Waals surface area contributed by atoms with Crippen LogP contribution in [0, 0.1) is 0 Å². The molecule has 0 bridgehead atoms. The molecule has 1 unspecified atom stereocenters. The van der Waals surface area contributed by atoms with Gasteiger partial charge in [0.25, 0.3) is 0 Å². The molecule has 1 fully saturated rings. The van der Waals surface area contributed by atoms with Gasteiger partial charge in [0.1, 0.15) is 5.82 Å². The zero-order chi connectivity index (χ0) is 12.1. The van der Waals surface area contributed by atoms with Gasteiger partial charge >= 0.3 is 0 Å². The normalized spacial score (nSPS) is 20.8. The molecule has 96 valence electrons. The van der Waals surface area contributed by atoms with Crippen molar-refractivity contribution in [2.75, 3.05) is 31.7 Å². The minimum atomic E-state index is 0.249. The lowest BCUT2D eigenvalue weighted by molar-refractivity contribution is 0.194. The van der Waals surface area contributed by atoms with Gasteiger partial charge in [-0.05, 0) is 19.3 Å². The maximum absolute atomic E-state index is 5.94. The largest absolute Gasteiger partial charge is 0.385 e. The zero-order valence-corrected chi connectivity index (χ0v) is 10.4. The second kappa shape index (κ2) is 5.97. The van der Waals surface area contributed by atoms with Gasteiger partial charge in [0, 0.05) is 39.3 Å². The summed E-state index contributed by atoms with van der Waals surface area (Å²) >= 11 is 0. The smallest absolute Gasteiger partial charge is 0.244 e. The summed E-state index contributed by atoms with van der Waals surface area (Å²) in [6.45, 7) is 2.61. The predicted molar refractivity (Wildman–Crippen MR) is 66.0 cm³/mol. The van der Waals surface area contributed by atoms with Gasteiger partial charge in [-0.2, -0.15) is 4.98 Å². The fraction of sp³-hybridized carbons (Fsp3) is 0.818. The highest BCUT2D eigenvalue weighted by Crippen LogP contribution is 2.15. The maximum Gasteiger partial charge on any atom is 0.244 e. The van der Waals surface area contributed by atoms with Crippen molar-refractivity contribution in [2.24, 2.45) is 5.73 Å². The van der Waals surface area contributed by atoms with E-state index in [0.717, 1.165) is 57.2 Å². The third-order valence-corrected chi connectivity index (χ3v) is 3.02. The molecule has 1 aliphatic heterocycles. The van der Waals surface area contributed by atoms with Gasteiger partial charge in [-0.15, -0.1) is 5.10 Å². The molecule has 0 radical (unpaired) electrons. The molecular weight excluding hydrogens is 218 g/mol. The van der Waals surface area contributed by atoms with Gasteiger partial charge in [0.15, 0.2) is 0 Å². The molecule has 1 saturated heterocycles. The summed E-state index contributed by atoms with van der Waals surface area (Å²) in [5.74, 6) is 1.71. The van der Waals surface area contributed by atoms with E-state index in [4.69, 9.17) is 10.5 Å². The molecule has 0 spiro atoms. The summed E-state index contributed by atoms with van der Waals surface area (Å²) in [7, 11) is 1.71. The van der Waals surface area contributed by atoms with E-state index < -0.39 is 0 Å². The topological polar surface area (TPSA) is 80.1 Å². The van der Waals surface area contributed by atoms with Crippen LogP contribution in [-0.4, -0.2) is 48.0 Å². The highest BCUT2D eigenvalue weighted by molar-refractivity contribution is 5.29. The number of rotatable bonds is 5. The van der Waals surface area contributed by atoms with E-state index in [-0.39, 0.29) is 6.04 Å². The number of ether oxygens (including phenoxy) is 1. The van der Waals surface area contributed by atoms with Crippen LogP contribution in [0.2, 0.25) is 0 Å². The molecule has 0 aromatic carbocycles. The molecule has 17 heavy (non-hydrogen) atoms. The summed E-state index contributed by atoms with van der Waals surface area (Å²) < 4.78 is 5.01. The predicted octanol–water partition coefficient (Wildman–Crippen LogP) is 0.311. The molecule has 6 nitrogen and oxygen atoms in total. The second-order valence-corrected chi connectivity index (χ2v) is 4.53. The van der Waals surface area contributed by atoms with Crippen LogP contribution in [-0.2, 0) is 11.2 Å². The Kier molecular flexibility index (Phi) is 4.33. The number of H-pyrrole nitrogens is 1. The number of hydrogen-bond donors (Lipinski definition) is 2. The number of nitrogens with one attached hydrogen (secondary N) is 1. The van der Waals surface area contributed by atoms with Crippen LogP contribution in [0.15, 0.2) is 0 Å². The third-order valence-electron chi connectivity index (χ3n) is 3.02. The van der Waals surface area contributed by atoms with Crippen LogP contribution in [0.5, 0.6) is 0 Å². The van der Waals surface area contributed by atoms with E-state index >= 15 is 0 Å². The van der Waals surface area contributed by atoms with E-state index in [1.54, 1.807) is 7.11 Å². The van der Waals surface area contributed by atoms with Crippen molar-refractivity contribution < 1.29 is 4.74 Å². The quantitative estimate of drug-likeness (QED) is 0.723. The summed E-state index contributed by atoms with van der Waals surface area (Å²) in [5, 5.41) is 7.22. The number of aryl methyl sites for hydroxylation is 1. The number of hydrogen-bond acceptors (Lipinski definition) is 5. The number of aromatic amines is 1. The molecule has 0 saturated carbocycles. The van der Waals surface area contributed by atoms with Crippen LogP contribution >= 0.6 is 0 Å². The molecule has 2 heterocycles. The Labute approximate surface area is 102 Å². The Balaban J connectivity index is 1.88. The standard InChI is InChI=1S/C11H21N5O/c1-17-7-3-5-10-13-11(15-14-10)16-6-2-4-9(12)8-16/h9H,2-8,12H2,1H3,(H,13,14,15). The van der Waals surface area contributed by atoms with Gasteiger partial charge in [-0.25, -0.2) is 0 Å². The molecular formula is C11H21N5O. The van der Waals surface area contributed by atoms with Crippen LogP contribution in [0.4, 0.5) is 5.95 Å². The number of aromatic nitrogens is 3. The van der Waals surface area contributed by atoms with Crippen molar-refractivity contribution in [3.8, 4) is 0 Å². The van der Waals surface area contributed by atoms with Gasteiger partial charge in [0.05, 0.1) is 0 Å². The Bertz CT molecular complexity index is 340. The summed E-state index contributed by atoms with van der Waals surface area (Å²) in [6.07, 6.45) is 4.06. The molecule has 0 aliphatic carbocycles. The number of piperidine rings is 1. The second-order valence-electron chi connectivity index (χ2n) is 4.53. The minimum absolute atomic E-state index is 0.249. The van der Waals surface area contributed by atoms with Crippen molar-refractivity contribution in [1.82, 2.24) is 15.2 Å². The molecule has 6 heteroatoms. The summed E-state index contributed by atoms with van der Waals surface area (Å²) in [6, 6.07) is 0.249. The van der Waals surface area contributed by atoms with Crippen molar-refractivity contribution in [3.05, 3.63) is 5.82 Å². The van der Waals surface area contributed by atoms with E-state index in [9.17, 15) is 0 Å². The summed E-state index contributed by atoms with van der Waals surface area (Å²) in [4.78, 5) is 6.65. The molecule has 1 aromatic heterocycles. The highest BCUT2D eigenvalue weighted by atomic mass is 16.5. The summed E-state index contributed by atoms with van der Waals surface area (Å²) in [5.41, 5.74) is 5.94. The highest BCUT2D eigenvalue weighted by Gasteiger charge is 2.19. The van der Waals surface area contributed by atoms with Crippen molar-refractivity contribution in [3.63, 3.8) is 0 Å². The monoisotopic (exact) mass is 239 g/mol. The van der Waals surface area contributed by atoms with Crippen LogP contribution in [0.3, 0.4) is 0 Å². The lowest BCUT2D eigenvalue weighted by Crippen LogP contribution is -2.43. The average molecular weight is 239 g/mol. The first kappa shape index (κ1) is 12.3. The number of anilines is 1. The van der Waals surface area contributed by atoms with E-state index in [1.165, 1.54) is 0 Å². The van der Waals surface area contributed by atoms with Gasteiger partial charge in [0.2, 0.25) is 5.95 Å². The van der Waals surface area contributed by atoms with Gasteiger partial charge < -0.3 is 15.4 Å². The van der Waals surface area contributed by atoms with Crippen molar-refractivity contribution in [2.45, 2.75) is 31.7 Å². The Morgan fingerprint density at radius 2 is 2.47 bits per heavy atom. The van der Waals surface area contributed by atoms with E-state index in [2.05, 4.69) is 20.1 Å². The molecule has 1 atom stereocenters. The Morgan fingerprint density at radius 3 is 3.24 bits per heavy atom. The first-order chi connectivity index (χ1) is 8.29. The fourth-order valence-electron chi connectivity index (χ4n) is 2.11. The van der Waals surface area contributed by atoms with E-state index in [0.29, 0.717) is 0 Å². The number of nitrogens with zero attached hydrogens (tertiary/aromatic N) is 3. The Morgan fingerprint density at radius 1 is 1.59 bits per heavy atom. The van der Waals surface area contributed by atoms with Gasteiger partial charge in [-0.3, -0.25) is 5.10 Å². The molecule has 3 N–H and O–H groups in total. The SMILES string of the molecule is COCCCc1nc(N2CCCC(N)C2)n[nH]1. The molecule has 1 aliphatic rings. The minimum Gasteiger partial charge on any atom is -0.385 e. The lowest BCUT2D eigenvalue weighted by Gasteiger charge is -2.29. The van der Waals surface area contributed by atoms with E-state index in [1.807, 2.05) is 0 Å².